The van der Waals surface area contributed by atoms with Crippen LogP contribution in [0.1, 0.15) is 12.8 Å². The number of anilines is 1. The molecule has 17 heavy (non-hydrogen) atoms. The number of hydrogen-bond acceptors (Lipinski definition) is 3. The summed E-state index contributed by atoms with van der Waals surface area (Å²) in [5, 5.41) is 5.48. The number of likely N-dealkylation sites (tertiary alicyclic amines) is 1. The van der Waals surface area contributed by atoms with Gasteiger partial charge in [0.15, 0.2) is 5.82 Å². The fourth-order valence-electron chi connectivity index (χ4n) is 2.57. The van der Waals surface area contributed by atoms with E-state index in [9.17, 15) is 0 Å². The van der Waals surface area contributed by atoms with Gasteiger partial charge in [0.2, 0.25) is 0 Å². The topological polar surface area (TPSA) is 47.1 Å². The molecule has 1 aliphatic heterocycles. The van der Waals surface area contributed by atoms with Crippen molar-refractivity contribution in [3.63, 3.8) is 0 Å². The highest BCUT2D eigenvalue weighted by molar-refractivity contribution is 5.88. The van der Waals surface area contributed by atoms with Crippen LogP contribution in [0.15, 0.2) is 24.3 Å². The summed E-state index contributed by atoms with van der Waals surface area (Å²) < 4.78 is 2.03. The number of nitrogen functional groups attached to an aromatic ring is 1. The van der Waals surface area contributed by atoms with Gasteiger partial charge in [0, 0.05) is 11.9 Å². The van der Waals surface area contributed by atoms with Crippen LogP contribution in [0.25, 0.3) is 10.9 Å². The molecule has 0 spiro atoms. The van der Waals surface area contributed by atoms with Crippen molar-refractivity contribution in [1.82, 2.24) is 14.7 Å². The van der Waals surface area contributed by atoms with Crippen LogP contribution < -0.4 is 5.73 Å². The highest BCUT2D eigenvalue weighted by Crippen LogP contribution is 2.19. The summed E-state index contributed by atoms with van der Waals surface area (Å²) >= 11 is 0. The molecule has 0 amide bonds. The van der Waals surface area contributed by atoms with E-state index in [-0.39, 0.29) is 0 Å². The Morgan fingerprint density at radius 1 is 1.12 bits per heavy atom. The van der Waals surface area contributed by atoms with Crippen molar-refractivity contribution in [2.75, 3.05) is 25.4 Å². The Kier molecular flexibility index (Phi) is 2.73. The smallest absolute Gasteiger partial charge is 0.153 e. The minimum absolute atomic E-state index is 0.641. The van der Waals surface area contributed by atoms with Crippen LogP contribution >= 0.6 is 0 Å². The number of rotatable bonds is 3. The Labute approximate surface area is 101 Å². The fraction of sp³-hybridized carbons (Fsp3) is 0.462. The lowest BCUT2D eigenvalue weighted by molar-refractivity contribution is 0.318. The SMILES string of the molecule is Nc1nn(CCN2CCCC2)c2ccccc12. The minimum Gasteiger partial charge on any atom is -0.382 e. The van der Waals surface area contributed by atoms with Crippen molar-refractivity contribution < 1.29 is 0 Å². The second-order valence-corrected chi connectivity index (χ2v) is 4.67. The normalized spacial score (nSPS) is 16.9. The van der Waals surface area contributed by atoms with Gasteiger partial charge in [-0.3, -0.25) is 4.68 Å². The van der Waals surface area contributed by atoms with Gasteiger partial charge in [0.1, 0.15) is 0 Å². The maximum absolute atomic E-state index is 5.92. The summed E-state index contributed by atoms with van der Waals surface area (Å²) in [6, 6.07) is 8.16. The van der Waals surface area contributed by atoms with Gasteiger partial charge in [0.25, 0.3) is 0 Å². The minimum atomic E-state index is 0.641. The predicted molar refractivity (Wildman–Crippen MR) is 69.8 cm³/mol. The first kappa shape index (κ1) is 10.6. The first-order chi connectivity index (χ1) is 8.34. The van der Waals surface area contributed by atoms with Gasteiger partial charge in [-0.05, 0) is 38.1 Å². The summed E-state index contributed by atoms with van der Waals surface area (Å²) in [4.78, 5) is 2.49. The van der Waals surface area contributed by atoms with E-state index in [2.05, 4.69) is 16.1 Å². The molecule has 1 aliphatic rings. The largest absolute Gasteiger partial charge is 0.382 e. The van der Waals surface area contributed by atoms with E-state index in [4.69, 9.17) is 5.73 Å². The molecule has 4 heteroatoms. The van der Waals surface area contributed by atoms with Crippen LogP contribution in [-0.4, -0.2) is 34.3 Å². The van der Waals surface area contributed by atoms with Crippen molar-refractivity contribution in [3.8, 4) is 0 Å². The second-order valence-electron chi connectivity index (χ2n) is 4.67. The van der Waals surface area contributed by atoms with Crippen LogP contribution in [-0.2, 0) is 6.54 Å². The Morgan fingerprint density at radius 3 is 2.71 bits per heavy atom. The van der Waals surface area contributed by atoms with Crippen molar-refractivity contribution in [3.05, 3.63) is 24.3 Å². The molecule has 3 rings (SSSR count). The number of para-hydroxylation sites is 1. The highest BCUT2D eigenvalue weighted by atomic mass is 15.3. The molecule has 2 N–H and O–H groups in total. The predicted octanol–water partition coefficient (Wildman–Crippen LogP) is 1.71. The van der Waals surface area contributed by atoms with Crippen LogP contribution in [0.3, 0.4) is 0 Å². The summed E-state index contributed by atoms with van der Waals surface area (Å²) in [5.74, 6) is 0.641. The summed E-state index contributed by atoms with van der Waals surface area (Å²) in [7, 11) is 0. The molecule has 0 bridgehead atoms. The van der Waals surface area contributed by atoms with E-state index >= 15 is 0 Å². The zero-order valence-corrected chi connectivity index (χ0v) is 9.97. The lowest BCUT2D eigenvalue weighted by Gasteiger charge is -2.14. The van der Waals surface area contributed by atoms with E-state index in [1.807, 2.05) is 22.9 Å². The number of nitrogens with two attached hydrogens (primary N) is 1. The molecule has 0 atom stereocenters. The molecule has 2 heterocycles. The Bertz CT molecular complexity index is 511. The molecule has 90 valence electrons. The average Bonchev–Trinajstić information content (AvgIpc) is 2.96. The van der Waals surface area contributed by atoms with Gasteiger partial charge >= 0.3 is 0 Å². The molecular weight excluding hydrogens is 212 g/mol. The monoisotopic (exact) mass is 230 g/mol. The first-order valence-corrected chi connectivity index (χ1v) is 6.28. The maximum Gasteiger partial charge on any atom is 0.153 e. The third kappa shape index (κ3) is 2.00. The highest BCUT2D eigenvalue weighted by Gasteiger charge is 2.12. The number of fused-ring (bicyclic) bond motifs is 1. The van der Waals surface area contributed by atoms with Crippen LogP contribution in [0.5, 0.6) is 0 Å². The summed E-state index contributed by atoms with van der Waals surface area (Å²) in [6.45, 7) is 4.46. The van der Waals surface area contributed by atoms with Gasteiger partial charge in [0.05, 0.1) is 12.1 Å². The third-order valence-electron chi connectivity index (χ3n) is 3.51. The van der Waals surface area contributed by atoms with Gasteiger partial charge in [-0.2, -0.15) is 5.10 Å². The van der Waals surface area contributed by atoms with Gasteiger partial charge in [-0.25, -0.2) is 0 Å². The number of aromatic nitrogens is 2. The second kappa shape index (κ2) is 4.37. The molecule has 0 unspecified atom stereocenters. The lowest BCUT2D eigenvalue weighted by atomic mass is 10.2. The number of hydrogen-bond donors (Lipinski definition) is 1. The van der Waals surface area contributed by atoms with Crippen LogP contribution in [0.2, 0.25) is 0 Å². The van der Waals surface area contributed by atoms with E-state index < -0.39 is 0 Å². The molecule has 2 aromatic rings. The van der Waals surface area contributed by atoms with Crippen molar-refractivity contribution in [2.45, 2.75) is 19.4 Å². The van der Waals surface area contributed by atoms with E-state index in [1.165, 1.54) is 25.9 Å². The molecule has 1 aromatic carbocycles. The summed E-state index contributed by atoms with van der Waals surface area (Å²) in [5.41, 5.74) is 7.06. The quantitative estimate of drug-likeness (QED) is 0.873. The van der Waals surface area contributed by atoms with Crippen LogP contribution in [0, 0.1) is 0 Å². The molecule has 0 radical (unpaired) electrons. The van der Waals surface area contributed by atoms with Crippen molar-refractivity contribution in [1.29, 1.82) is 0 Å². The Balaban J connectivity index is 1.80. The van der Waals surface area contributed by atoms with E-state index in [0.29, 0.717) is 5.82 Å². The molecule has 1 aromatic heterocycles. The molecule has 0 aliphatic carbocycles. The van der Waals surface area contributed by atoms with Gasteiger partial charge < -0.3 is 10.6 Å². The van der Waals surface area contributed by atoms with E-state index in [1.54, 1.807) is 0 Å². The van der Waals surface area contributed by atoms with Crippen LogP contribution in [0.4, 0.5) is 5.82 Å². The molecule has 4 nitrogen and oxygen atoms in total. The maximum atomic E-state index is 5.92. The number of benzene rings is 1. The van der Waals surface area contributed by atoms with Crippen molar-refractivity contribution >= 4 is 16.7 Å². The Morgan fingerprint density at radius 2 is 1.88 bits per heavy atom. The lowest BCUT2D eigenvalue weighted by Crippen LogP contribution is -2.24. The Hall–Kier alpha value is -1.55. The van der Waals surface area contributed by atoms with Crippen molar-refractivity contribution in [2.24, 2.45) is 0 Å². The number of nitrogens with zero attached hydrogens (tertiary/aromatic N) is 3. The molecule has 1 saturated heterocycles. The molecule has 1 fully saturated rings. The van der Waals surface area contributed by atoms with Gasteiger partial charge in [-0.1, -0.05) is 12.1 Å². The fourth-order valence-corrected chi connectivity index (χ4v) is 2.57. The standard InChI is InChI=1S/C13H18N4/c14-13-11-5-1-2-6-12(11)17(15-13)10-9-16-7-3-4-8-16/h1-2,5-6H,3-4,7-10H2,(H2,14,15). The first-order valence-electron chi connectivity index (χ1n) is 6.28. The zero-order valence-electron chi connectivity index (χ0n) is 9.97. The average molecular weight is 230 g/mol. The molecular formula is C13H18N4. The van der Waals surface area contributed by atoms with Gasteiger partial charge in [-0.15, -0.1) is 0 Å². The third-order valence-corrected chi connectivity index (χ3v) is 3.51. The molecule has 0 saturated carbocycles. The summed E-state index contributed by atoms with van der Waals surface area (Å²) in [6.07, 6.45) is 2.67. The van der Waals surface area contributed by atoms with E-state index in [0.717, 1.165) is 24.0 Å². The zero-order chi connectivity index (χ0) is 11.7.